The Labute approximate surface area is 96.1 Å². The predicted molar refractivity (Wildman–Crippen MR) is 60.3 cm³/mol. The standard InChI is InChI=1S/C10H10N2O3S/c1-16-5-9-11-10(15-12-9)6-2-3-7(13)8(14)4-6/h2-4,13-14H,5H2,1H3. The molecule has 0 fully saturated rings. The maximum atomic E-state index is 9.33. The van der Waals surface area contributed by atoms with Gasteiger partial charge in [-0.3, -0.25) is 0 Å². The summed E-state index contributed by atoms with van der Waals surface area (Å²) in [5, 5.41) is 22.3. The largest absolute Gasteiger partial charge is 0.504 e. The van der Waals surface area contributed by atoms with Crippen LogP contribution in [0.2, 0.25) is 0 Å². The molecule has 0 atom stereocenters. The summed E-state index contributed by atoms with van der Waals surface area (Å²) >= 11 is 1.59. The summed E-state index contributed by atoms with van der Waals surface area (Å²) in [6.07, 6.45) is 1.95. The third-order valence-electron chi connectivity index (χ3n) is 1.96. The Morgan fingerprint density at radius 3 is 2.81 bits per heavy atom. The topological polar surface area (TPSA) is 79.4 Å². The van der Waals surface area contributed by atoms with Gasteiger partial charge in [-0.2, -0.15) is 16.7 Å². The van der Waals surface area contributed by atoms with Crippen molar-refractivity contribution in [2.45, 2.75) is 5.75 Å². The molecule has 2 N–H and O–H groups in total. The Morgan fingerprint density at radius 1 is 1.31 bits per heavy atom. The molecule has 0 spiro atoms. The third-order valence-corrected chi connectivity index (χ3v) is 2.51. The van der Waals surface area contributed by atoms with Gasteiger partial charge in [0.25, 0.3) is 5.89 Å². The number of phenols is 2. The molecule has 0 saturated carbocycles. The molecule has 16 heavy (non-hydrogen) atoms. The summed E-state index contributed by atoms with van der Waals surface area (Å²) in [5.74, 6) is 1.23. The van der Waals surface area contributed by atoms with E-state index in [0.29, 0.717) is 23.0 Å². The first-order valence-corrected chi connectivity index (χ1v) is 5.94. The van der Waals surface area contributed by atoms with Gasteiger partial charge in [-0.1, -0.05) is 5.16 Å². The van der Waals surface area contributed by atoms with E-state index in [2.05, 4.69) is 10.1 Å². The third kappa shape index (κ3) is 2.11. The van der Waals surface area contributed by atoms with Crippen molar-refractivity contribution in [2.24, 2.45) is 0 Å². The van der Waals surface area contributed by atoms with Gasteiger partial charge in [0, 0.05) is 5.56 Å². The molecule has 0 saturated heterocycles. The van der Waals surface area contributed by atoms with Crippen molar-refractivity contribution in [1.29, 1.82) is 0 Å². The second-order valence-electron chi connectivity index (χ2n) is 3.15. The molecule has 5 nitrogen and oxygen atoms in total. The average Bonchev–Trinajstić information content (AvgIpc) is 2.71. The molecule has 6 heteroatoms. The summed E-state index contributed by atoms with van der Waals surface area (Å²) in [6, 6.07) is 4.36. The van der Waals surface area contributed by atoms with E-state index >= 15 is 0 Å². The number of phenolic OH excluding ortho intramolecular Hbond substituents is 2. The number of hydrogen-bond donors (Lipinski definition) is 2. The molecular weight excluding hydrogens is 228 g/mol. The van der Waals surface area contributed by atoms with Crippen LogP contribution in [0.25, 0.3) is 11.5 Å². The smallest absolute Gasteiger partial charge is 0.258 e. The van der Waals surface area contributed by atoms with Gasteiger partial charge in [0.1, 0.15) is 0 Å². The highest BCUT2D eigenvalue weighted by Gasteiger charge is 2.10. The fourth-order valence-electron chi connectivity index (χ4n) is 1.22. The maximum absolute atomic E-state index is 9.33. The maximum Gasteiger partial charge on any atom is 0.258 e. The Bertz CT molecular complexity index is 499. The van der Waals surface area contributed by atoms with Crippen LogP contribution in [-0.4, -0.2) is 26.6 Å². The fraction of sp³-hybridized carbons (Fsp3) is 0.200. The molecule has 1 aromatic heterocycles. The lowest BCUT2D eigenvalue weighted by Gasteiger charge is -1.98. The molecule has 0 aliphatic carbocycles. The highest BCUT2D eigenvalue weighted by molar-refractivity contribution is 7.97. The molecule has 84 valence electrons. The summed E-state index contributed by atoms with van der Waals surface area (Å²) in [6.45, 7) is 0. The summed E-state index contributed by atoms with van der Waals surface area (Å²) in [5.41, 5.74) is 0.579. The average molecular weight is 238 g/mol. The zero-order valence-electron chi connectivity index (χ0n) is 8.54. The Balaban J connectivity index is 2.31. The van der Waals surface area contributed by atoms with Crippen molar-refractivity contribution in [2.75, 3.05) is 6.26 Å². The van der Waals surface area contributed by atoms with Gasteiger partial charge < -0.3 is 14.7 Å². The second kappa shape index (κ2) is 4.44. The van der Waals surface area contributed by atoms with E-state index in [1.165, 1.54) is 12.1 Å². The number of hydrogen-bond acceptors (Lipinski definition) is 6. The lowest BCUT2D eigenvalue weighted by atomic mass is 10.2. The quantitative estimate of drug-likeness (QED) is 0.796. The fourth-order valence-corrected chi connectivity index (χ4v) is 1.59. The van der Waals surface area contributed by atoms with Crippen molar-refractivity contribution >= 4 is 11.8 Å². The van der Waals surface area contributed by atoms with Gasteiger partial charge in [-0.05, 0) is 24.5 Å². The lowest BCUT2D eigenvalue weighted by molar-refractivity contribution is 0.402. The van der Waals surface area contributed by atoms with Crippen molar-refractivity contribution in [3.63, 3.8) is 0 Å². The van der Waals surface area contributed by atoms with E-state index in [-0.39, 0.29) is 11.5 Å². The zero-order valence-corrected chi connectivity index (χ0v) is 9.36. The first-order chi connectivity index (χ1) is 7.70. The van der Waals surface area contributed by atoms with E-state index in [1.807, 2.05) is 6.26 Å². The minimum atomic E-state index is -0.206. The Hall–Kier alpha value is -1.69. The van der Waals surface area contributed by atoms with Gasteiger partial charge in [0.05, 0.1) is 5.75 Å². The normalized spacial score (nSPS) is 10.6. The molecule has 0 bridgehead atoms. The number of aromatic hydroxyl groups is 2. The van der Waals surface area contributed by atoms with Crippen molar-refractivity contribution in [1.82, 2.24) is 10.1 Å². The van der Waals surface area contributed by atoms with Gasteiger partial charge in [-0.25, -0.2) is 0 Å². The molecule has 0 radical (unpaired) electrons. The van der Waals surface area contributed by atoms with Gasteiger partial charge in [0.15, 0.2) is 17.3 Å². The predicted octanol–water partition coefficient (Wildman–Crippen LogP) is 2.01. The second-order valence-corrected chi connectivity index (χ2v) is 4.02. The van der Waals surface area contributed by atoms with E-state index < -0.39 is 0 Å². The van der Waals surface area contributed by atoms with E-state index in [1.54, 1.807) is 17.8 Å². The van der Waals surface area contributed by atoms with Crippen molar-refractivity contribution in [3.8, 4) is 23.0 Å². The van der Waals surface area contributed by atoms with Crippen molar-refractivity contribution < 1.29 is 14.7 Å². The summed E-state index contributed by atoms with van der Waals surface area (Å²) in [7, 11) is 0. The Morgan fingerprint density at radius 2 is 2.12 bits per heavy atom. The van der Waals surface area contributed by atoms with Crippen molar-refractivity contribution in [3.05, 3.63) is 24.0 Å². The molecule has 0 unspecified atom stereocenters. The minimum absolute atomic E-state index is 0.174. The molecule has 0 aliphatic heterocycles. The molecule has 1 heterocycles. The van der Waals surface area contributed by atoms with Gasteiger partial charge in [-0.15, -0.1) is 0 Å². The molecule has 0 aliphatic rings. The molecule has 1 aromatic carbocycles. The molecular formula is C10H10N2O3S. The van der Waals surface area contributed by atoms with Crippen LogP contribution < -0.4 is 0 Å². The number of aromatic nitrogens is 2. The first-order valence-electron chi connectivity index (χ1n) is 4.54. The number of thioether (sulfide) groups is 1. The van der Waals surface area contributed by atoms with Crippen LogP contribution in [0.3, 0.4) is 0 Å². The molecule has 0 amide bonds. The zero-order chi connectivity index (χ0) is 11.5. The van der Waals surface area contributed by atoms with Gasteiger partial charge in [0.2, 0.25) is 0 Å². The number of benzene rings is 1. The van der Waals surface area contributed by atoms with Crippen LogP contribution in [0.1, 0.15) is 5.82 Å². The van der Waals surface area contributed by atoms with E-state index in [9.17, 15) is 5.11 Å². The SMILES string of the molecule is CSCc1noc(-c2ccc(O)c(O)c2)n1. The van der Waals surface area contributed by atoms with Crippen LogP contribution in [0.5, 0.6) is 11.5 Å². The first kappa shape index (κ1) is 10.8. The van der Waals surface area contributed by atoms with Crippen LogP contribution in [-0.2, 0) is 5.75 Å². The molecule has 2 aromatic rings. The number of nitrogens with zero attached hydrogens (tertiary/aromatic N) is 2. The van der Waals surface area contributed by atoms with E-state index in [0.717, 1.165) is 0 Å². The van der Waals surface area contributed by atoms with Crippen LogP contribution in [0, 0.1) is 0 Å². The highest BCUT2D eigenvalue weighted by Crippen LogP contribution is 2.29. The van der Waals surface area contributed by atoms with Crippen LogP contribution >= 0.6 is 11.8 Å². The summed E-state index contributed by atoms with van der Waals surface area (Å²) in [4.78, 5) is 4.15. The highest BCUT2D eigenvalue weighted by atomic mass is 32.2. The van der Waals surface area contributed by atoms with Gasteiger partial charge >= 0.3 is 0 Å². The van der Waals surface area contributed by atoms with Crippen LogP contribution in [0.4, 0.5) is 0 Å². The monoisotopic (exact) mass is 238 g/mol. The Kier molecular flexibility index (Phi) is 3.00. The van der Waals surface area contributed by atoms with Crippen LogP contribution in [0.15, 0.2) is 22.7 Å². The molecule has 2 rings (SSSR count). The minimum Gasteiger partial charge on any atom is -0.504 e. The number of rotatable bonds is 3. The summed E-state index contributed by atoms with van der Waals surface area (Å²) < 4.78 is 5.03. The lowest BCUT2D eigenvalue weighted by Crippen LogP contribution is -1.82. The van der Waals surface area contributed by atoms with E-state index in [4.69, 9.17) is 9.63 Å².